The number of hydrogen-bond donors (Lipinski definition) is 1. The van der Waals surface area contributed by atoms with Crippen molar-refractivity contribution in [1.29, 1.82) is 0 Å². The minimum absolute atomic E-state index is 0.0755. The van der Waals surface area contributed by atoms with Crippen LogP contribution in [0.3, 0.4) is 0 Å². The Balaban J connectivity index is 1.31. The number of likely N-dealkylation sites (tertiary alicyclic amines) is 1. The normalized spacial score (nSPS) is 18.7. The van der Waals surface area contributed by atoms with Gasteiger partial charge in [-0.15, -0.1) is 0 Å². The minimum Gasteiger partial charge on any atom is -0.497 e. The Labute approximate surface area is 197 Å². The van der Waals surface area contributed by atoms with Gasteiger partial charge in [0.05, 0.1) is 13.5 Å². The molecule has 0 saturated carbocycles. The molecule has 0 unspecified atom stereocenters. The molecule has 34 heavy (non-hydrogen) atoms. The average molecular weight is 459 g/mol. The summed E-state index contributed by atoms with van der Waals surface area (Å²) < 4.78 is 6.91. The van der Waals surface area contributed by atoms with E-state index in [0.717, 1.165) is 23.4 Å². The van der Waals surface area contributed by atoms with Crippen molar-refractivity contribution in [3.05, 3.63) is 88.1 Å². The first kappa shape index (κ1) is 21.9. The quantitative estimate of drug-likeness (QED) is 0.635. The van der Waals surface area contributed by atoms with Gasteiger partial charge in [0.1, 0.15) is 17.1 Å². The molecule has 0 radical (unpaired) electrons. The van der Waals surface area contributed by atoms with Gasteiger partial charge in [0, 0.05) is 37.4 Å². The number of fused-ring (bicyclic) bond motifs is 4. The molecule has 2 aromatic heterocycles. The van der Waals surface area contributed by atoms with Crippen LogP contribution in [0.2, 0.25) is 0 Å². The summed E-state index contributed by atoms with van der Waals surface area (Å²) in [5, 5.41) is 2.78. The van der Waals surface area contributed by atoms with Crippen molar-refractivity contribution in [2.45, 2.75) is 25.3 Å². The van der Waals surface area contributed by atoms with Gasteiger partial charge in [-0.25, -0.2) is 0 Å². The number of anilines is 1. The molecule has 5 rings (SSSR count). The summed E-state index contributed by atoms with van der Waals surface area (Å²) in [6.45, 7) is 1.67. The van der Waals surface area contributed by atoms with E-state index in [0.29, 0.717) is 25.3 Å². The Bertz CT molecular complexity index is 1270. The Morgan fingerprint density at radius 3 is 2.62 bits per heavy atom. The monoisotopic (exact) mass is 458 g/mol. The Morgan fingerprint density at radius 1 is 1.06 bits per heavy atom. The van der Waals surface area contributed by atoms with Crippen LogP contribution in [0.25, 0.3) is 0 Å². The molecule has 2 atom stereocenters. The topological polar surface area (TPSA) is 93.5 Å². The van der Waals surface area contributed by atoms with Crippen molar-refractivity contribution in [3.63, 3.8) is 0 Å². The van der Waals surface area contributed by atoms with Gasteiger partial charge < -0.3 is 19.5 Å². The van der Waals surface area contributed by atoms with Gasteiger partial charge in [0.15, 0.2) is 0 Å². The average Bonchev–Trinajstić information content (AvgIpc) is 2.86. The highest BCUT2D eigenvalue weighted by molar-refractivity contribution is 5.93. The number of pyridine rings is 2. The number of nitrogens with one attached hydrogen (secondary N) is 1. The van der Waals surface area contributed by atoms with Gasteiger partial charge in [0.25, 0.3) is 11.5 Å². The molecule has 4 heterocycles. The number of amides is 2. The van der Waals surface area contributed by atoms with E-state index in [1.165, 1.54) is 0 Å². The first-order chi connectivity index (χ1) is 16.5. The molecule has 8 nitrogen and oxygen atoms in total. The molecule has 2 bridgehead atoms. The van der Waals surface area contributed by atoms with E-state index in [4.69, 9.17) is 4.74 Å². The van der Waals surface area contributed by atoms with Crippen molar-refractivity contribution < 1.29 is 14.3 Å². The molecular formula is C26H26N4O4. The summed E-state index contributed by atoms with van der Waals surface area (Å²) in [6, 6.07) is 16.2. The first-order valence-corrected chi connectivity index (χ1v) is 11.4. The lowest BCUT2D eigenvalue weighted by Crippen LogP contribution is -2.49. The zero-order valence-corrected chi connectivity index (χ0v) is 18.9. The highest BCUT2D eigenvalue weighted by Crippen LogP contribution is 2.35. The molecule has 174 valence electrons. The first-order valence-electron chi connectivity index (χ1n) is 11.4. The fourth-order valence-electron chi connectivity index (χ4n) is 4.98. The van der Waals surface area contributed by atoms with Crippen LogP contribution in [0.5, 0.6) is 5.75 Å². The predicted octanol–water partition coefficient (Wildman–Crippen LogP) is 2.69. The highest BCUT2D eigenvalue weighted by Gasteiger charge is 2.37. The molecule has 2 aliphatic rings. The van der Waals surface area contributed by atoms with Crippen molar-refractivity contribution in [2.24, 2.45) is 5.92 Å². The number of benzene rings is 1. The molecule has 2 aliphatic heterocycles. The molecule has 8 heteroatoms. The van der Waals surface area contributed by atoms with Gasteiger partial charge in [-0.05, 0) is 54.3 Å². The van der Waals surface area contributed by atoms with E-state index < -0.39 is 0 Å². The van der Waals surface area contributed by atoms with Gasteiger partial charge in [-0.2, -0.15) is 0 Å². The molecule has 1 saturated heterocycles. The van der Waals surface area contributed by atoms with Crippen LogP contribution in [0.15, 0.2) is 65.6 Å². The molecular weight excluding hydrogens is 432 g/mol. The smallest absolute Gasteiger partial charge is 0.274 e. The van der Waals surface area contributed by atoms with Crippen LogP contribution in [0.4, 0.5) is 5.69 Å². The maximum atomic E-state index is 13.2. The van der Waals surface area contributed by atoms with Gasteiger partial charge >= 0.3 is 0 Å². The summed E-state index contributed by atoms with van der Waals surface area (Å²) in [6.07, 6.45) is 2.73. The molecule has 3 aromatic rings. The Kier molecular flexibility index (Phi) is 5.88. The number of aromatic nitrogens is 2. The van der Waals surface area contributed by atoms with Crippen molar-refractivity contribution in [3.8, 4) is 5.75 Å². The number of ether oxygens (including phenoxy) is 1. The second-order valence-corrected chi connectivity index (χ2v) is 8.88. The van der Waals surface area contributed by atoms with Crippen molar-refractivity contribution in [1.82, 2.24) is 14.5 Å². The molecule has 1 N–H and O–H groups in total. The lowest BCUT2D eigenvalue weighted by Gasteiger charge is -2.42. The van der Waals surface area contributed by atoms with E-state index in [-0.39, 0.29) is 41.3 Å². The fourth-order valence-corrected chi connectivity index (χ4v) is 4.98. The van der Waals surface area contributed by atoms with Crippen LogP contribution in [-0.2, 0) is 17.8 Å². The fraction of sp³-hybridized carbons (Fsp3) is 0.308. The molecule has 0 aliphatic carbocycles. The Hall–Kier alpha value is -3.94. The number of hydrogen-bond acceptors (Lipinski definition) is 5. The lowest BCUT2D eigenvalue weighted by molar-refractivity contribution is -0.115. The zero-order valence-electron chi connectivity index (χ0n) is 18.9. The van der Waals surface area contributed by atoms with Crippen LogP contribution >= 0.6 is 0 Å². The van der Waals surface area contributed by atoms with Gasteiger partial charge in [-0.3, -0.25) is 19.4 Å². The third kappa shape index (κ3) is 4.31. The summed E-state index contributed by atoms with van der Waals surface area (Å²) in [5.74, 6) is 0.668. The Morgan fingerprint density at radius 2 is 1.88 bits per heavy atom. The van der Waals surface area contributed by atoms with Crippen LogP contribution in [0, 0.1) is 5.92 Å². The van der Waals surface area contributed by atoms with Crippen LogP contribution in [0.1, 0.15) is 34.1 Å². The van der Waals surface area contributed by atoms with Gasteiger partial charge in [0.2, 0.25) is 5.91 Å². The molecule has 1 aromatic carbocycles. The third-order valence-electron chi connectivity index (χ3n) is 6.57. The number of carbonyl (C=O) groups is 2. The SMILES string of the molecule is COc1ccc(CC(=O)Nc2ccc3n(c2=O)C[C@H]2C[C@@H]3CN(C(=O)c3ccccn3)C2)cc1. The molecule has 0 spiro atoms. The van der Waals surface area contributed by atoms with Crippen LogP contribution < -0.4 is 15.6 Å². The molecule has 2 amide bonds. The number of carbonyl (C=O) groups excluding carboxylic acids is 2. The predicted molar refractivity (Wildman–Crippen MR) is 127 cm³/mol. The second-order valence-electron chi connectivity index (χ2n) is 8.88. The summed E-state index contributed by atoms with van der Waals surface area (Å²) >= 11 is 0. The summed E-state index contributed by atoms with van der Waals surface area (Å²) in [7, 11) is 1.59. The van der Waals surface area contributed by atoms with Crippen molar-refractivity contribution >= 4 is 17.5 Å². The highest BCUT2D eigenvalue weighted by atomic mass is 16.5. The largest absolute Gasteiger partial charge is 0.497 e. The van der Waals surface area contributed by atoms with Crippen LogP contribution in [-0.4, -0.2) is 46.5 Å². The van der Waals surface area contributed by atoms with E-state index in [1.54, 1.807) is 48.2 Å². The summed E-state index contributed by atoms with van der Waals surface area (Å²) in [5.41, 5.74) is 2.27. The van der Waals surface area contributed by atoms with E-state index in [1.807, 2.05) is 29.2 Å². The standard InChI is InChI=1S/C26H26N4O4/c1-34-20-7-5-17(6-8-20)13-24(31)28-22-9-10-23-19-12-18(15-30(23)26(22)33)14-29(16-19)25(32)21-4-2-3-11-27-21/h2-11,18-19H,12-16H2,1H3,(H,28,31)/t18-,19+/m0/s1. The minimum atomic E-state index is -0.244. The van der Waals surface area contributed by atoms with E-state index in [9.17, 15) is 14.4 Å². The number of methoxy groups -OCH3 is 1. The maximum absolute atomic E-state index is 13.2. The van der Waals surface area contributed by atoms with E-state index in [2.05, 4.69) is 10.3 Å². The summed E-state index contributed by atoms with van der Waals surface area (Å²) in [4.78, 5) is 44.7. The molecule has 1 fully saturated rings. The second kappa shape index (κ2) is 9.13. The van der Waals surface area contributed by atoms with Crippen molar-refractivity contribution in [2.75, 3.05) is 25.5 Å². The number of rotatable bonds is 5. The van der Waals surface area contributed by atoms with E-state index >= 15 is 0 Å². The lowest BCUT2D eigenvalue weighted by atomic mass is 9.83. The number of piperidine rings is 1. The zero-order chi connectivity index (χ0) is 23.7. The maximum Gasteiger partial charge on any atom is 0.274 e. The van der Waals surface area contributed by atoms with Gasteiger partial charge in [-0.1, -0.05) is 18.2 Å². The third-order valence-corrected chi connectivity index (χ3v) is 6.57. The number of nitrogens with zero attached hydrogens (tertiary/aromatic N) is 3.